The minimum Gasteiger partial charge on any atom is -0.507 e. The molecule has 236 valence electrons. The number of phenols is 2. The number of fused-ring (bicyclic) bond motifs is 9. The summed E-state index contributed by atoms with van der Waals surface area (Å²) >= 11 is 0. The molecule has 12 nitrogen and oxygen atoms in total. The second-order valence-electron chi connectivity index (χ2n) is 12.1. The first-order chi connectivity index (χ1) is 21.0. The summed E-state index contributed by atoms with van der Waals surface area (Å²) in [5.41, 5.74) is 4.34. The SMILES string of the molecule is C/C=C/C(=O)N[C@@H](C)C(=O)NC[C@H]1c2c(c(O)c(C)c3c2OCO3)CC2[C@H]3c4c(cc(C)c(OC)c4O)C[C@@H]([C@H](O)N21)N3C. The number of aryl methyl sites for hydroxylation is 1. The monoisotopic (exact) mass is 608 g/mol. The lowest BCUT2D eigenvalue weighted by molar-refractivity contribution is -0.172. The highest BCUT2D eigenvalue weighted by Crippen LogP contribution is 2.57. The average Bonchev–Trinajstić information content (AvgIpc) is 3.47. The number of ether oxygens (including phenoxy) is 3. The highest BCUT2D eigenvalue weighted by molar-refractivity contribution is 5.92. The molecule has 2 amide bonds. The Hall–Kier alpha value is -4.00. The highest BCUT2D eigenvalue weighted by Gasteiger charge is 2.56. The Morgan fingerprint density at radius 3 is 2.57 bits per heavy atom. The minimum absolute atomic E-state index is 0.0144. The van der Waals surface area contributed by atoms with Crippen molar-refractivity contribution in [3.63, 3.8) is 0 Å². The van der Waals surface area contributed by atoms with Crippen LogP contribution in [-0.2, 0) is 22.4 Å². The molecule has 0 radical (unpaired) electrons. The topological polar surface area (TPSA) is 153 Å². The van der Waals surface area contributed by atoms with E-state index in [4.69, 9.17) is 14.2 Å². The third kappa shape index (κ3) is 4.46. The zero-order chi connectivity index (χ0) is 31.6. The number of rotatable bonds is 6. The molecule has 4 aliphatic rings. The largest absolute Gasteiger partial charge is 0.507 e. The molecule has 0 aliphatic carbocycles. The summed E-state index contributed by atoms with van der Waals surface area (Å²) < 4.78 is 17.3. The van der Waals surface area contributed by atoms with Gasteiger partial charge in [-0.3, -0.25) is 19.4 Å². The van der Waals surface area contributed by atoms with E-state index < -0.39 is 30.3 Å². The first-order valence-electron chi connectivity index (χ1n) is 14.9. The summed E-state index contributed by atoms with van der Waals surface area (Å²) in [6, 6.07) is -0.518. The lowest BCUT2D eigenvalue weighted by atomic mass is 9.73. The van der Waals surface area contributed by atoms with Gasteiger partial charge in [0.05, 0.1) is 25.2 Å². The molecule has 2 aromatic rings. The molecular formula is C32H40N4O8. The van der Waals surface area contributed by atoms with Crippen LogP contribution in [0.3, 0.4) is 0 Å². The van der Waals surface area contributed by atoms with E-state index in [1.54, 1.807) is 26.8 Å². The van der Waals surface area contributed by atoms with Gasteiger partial charge in [-0.15, -0.1) is 0 Å². The molecule has 2 bridgehead atoms. The van der Waals surface area contributed by atoms with E-state index in [-0.39, 0.29) is 42.8 Å². The summed E-state index contributed by atoms with van der Waals surface area (Å²) in [6.45, 7) is 7.02. The number of carbonyl (C=O) groups is 2. The Labute approximate surface area is 256 Å². The van der Waals surface area contributed by atoms with Crippen LogP contribution in [0.15, 0.2) is 18.2 Å². The molecule has 4 heterocycles. The lowest BCUT2D eigenvalue weighted by Gasteiger charge is -2.60. The van der Waals surface area contributed by atoms with E-state index in [0.29, 0.717) is 46.8 Å². The third-order valence-corrected chi connectivity index (χ3v) is 9.66. The van der Waals surface area contributed by atoms with Crippen molar-refractivity contribution in [1.29, 1.82) is 0 Å². The number of carbonyl (C=O) groups excluding carboxylic acids is 2. The van der Waals surface area contributed by atoms with Crippen LogP contribution >= 0.6 is 0 Å². The normalized spacial score (nSPS) is 26.0. The van der Waals surface area contributed by atoms with Gasteiger partial charge < -0.3 is 40.2 Å². The molecule has 6 atom stereocenters. The van der Waals surface area contributed by atoms with Crippen LogP contribution in [0.25, 0.3) is 0 Å². The van der Waals surface area contributed by atoms with Crippen molar-refractivity contribution >= 4 is 11.8 Å². The van der Waals surface area contributed by atoms with E-state index in [1.165, 1.54) is 13.2 Å². The van der Waals surface area contributed by atoms with Gasteiger partial charge in [-0.2, -0.15) is 0 Å². The molecule has 5 N–H and O–H groups in total. The smallest absolute Gasteiger partial charge is 0.244 e. The van der Waals surface area contributed by atoms with E-state index in [1.807, 2.05) is 24.9 Å². The Morgan fingerprint density at radius 2 is 1.86 bits per heavy atom. The van der Waals surface area contributed by atoms with Crippen molar-refractivity contribution < 1.29 is 39.1 Å². The zero-order valence-corrected chi connectivity index (χ0v) is 25.8. The second kappa shape index (κ2) is 11.2. The maximum Gasteiger partial charge on any atom is 0.244 e. The molecule has 1 unspecified atom stereocenters. The standard InChI is InChI=1S/C32H40N4O8/c1-7-8-22(37)34-16(4)31(40)33-12-21-24-18(26(38)15(3)29-30(24)44-13-43-29)11-19-25-23-17(9-14(2)28(42-6)27(23)39)10-20(35(25)5)32(41)36(19)21/h7-9,16,19-21,25,32,38-39,41H,10-13H2,1-6H3,(H,33,40)(H,34,37)/b8-7+/t16-,19?,20-,21-,25-,32-/m0/s1. The number of allylic oxidation sites excluding steroid dienone is 1. The number of hydrogen-bond donors (Lipinski definition) is 5. The van der Waals surface area contributed by atoms with Gasteiger partial charge in [-0.25, -0.2) is 0 Å². The molecule has 12 heteroatoms. The lowest BCUT2D eigenvalue weighted by Crippen LogP contribution is -2.69. The van der Waals surface area contributed by atoms with Gasteiger partial charge in [0.1, 0.15) is 18.0 Å². The fraction of sp³-hybridized carbons (Fsp3) is 0.500. The van der Waals surface area contributed by atoms with Crippen LogP contribution in [0.2, 0.25) is 0 Å². The van der Waals surface area contributed by atoms with Gasteiger partial charge in [-0.05, 0) is 64.8 Å². The number of phenolic OH excluding ortho intramolecular Hbond substituents is 2. The van der Waals surface area contributed by atoms with Gasteiger partial charge >= 0.3 is 0 Å². The molecule has 1 fully saturated rings. The Balaban J connectivity index is 1.46. The van der Waals surface area contributed by atoms with Crippen molar-refractivity contribution in [3.8, 4) is 28.7 Å². The fourth-order valence-electron chi connectivity index (χ4n) is 7.68. The minimum atomic E-state index is -0.956. The average molecular weight is 609 g/mol. The number of hydrogen-bond acceptors (Lipinski definition) is 10. The molecule has 44 heavy (non-hydrogen) atoms. The van der Waals surface area contributed by atoms with Crippen molar-refractivity contribution in [2.75, 3.05) is 27.5 Å². The van der Waals surface area contributed by atoms with E-state index in [2.05, 4.69) is 15.5 Å². The predicted octanol–water partition coefficient (Wildman–Crippen LogP) is 1.85. The number of aliphatic hydroxyl groups is 1. The number of piperazine rings is 1. The molecule has 0 aromatic heterocycles. The molecule has 0 saturated carbocycles. The molecule has 4 aliphatic heterocycles. The number of aliphatic hydroxyl groups excluding tert-OH is 1. The number of benzene rings is 2. The summed E-state index contributed by atoms with van der Waals surface area (Å²) in [6.07, 6.45) is 2.81. The number of nitrogens with zero attached hydrogens (tertiary/aromatic N) is 2. The van der Waals surface area contributed by atoms with Gasteiger partial charge in [-0.1, -0.05) is 12.1 Å². The molecule has 0 spiro atoms. The molecule has 1 saturated heterocycles. The fourth-order valence-corrected chi connectivity index (χ4v) is 7.68. The van der Waals surface area contributed by atoms with Gasteiger partial charge in [0.15, 0.2) is 23.0 Å². The summed E-state index contributed by atoms with van der Waals surface area (Å²) in [7, 11) is 3.47. The van der Waals surface area contributed by atoms with E-state index in [0.717, 1.165) is 16.7 Å². The Kier molecular flexibility index (Phi) is 7.63. The van der Waals surface area contributed by atoms with Crippen molar-refractivity contribution in [2.45, 2.75) is 77.0 Å². The van der Waals surface area contributed by atoms with Gasteiger partial charge in [0.2, 0.25) is 18.6 Å². The third-order valence-electron chi connectivity index (χ3n) is 9.66. The maximum absolute atomic E-state index is 13.2. The van der Waals surface area contributed by atoms with Crippen LogP contribution in [0.5, 0.6) is 28.7 Å². The Morgan fingerprint density at radius 1 is 1.14 bits per heavy atom. The molecule has 6 rings (SSSR count). The molecule has 2 aromatic carbocycles. The van der Waals surface area contributed by atoms with Crippen LogP contribution in [0.4, 0.5) is 0 Å². The summed E-state index contributed by atoms with van der Waals surface area (Å²) in [5, 5.41) is 40.7. The number of methoxy groups -OCH3 is 1. The molecular weight excluding hydrogens is 568 g/mol. The quantitative estimate of drug-likeness (QED) is 0.307. The number of nitrogens with one attached hydrogen (secondary N) is 2. The van der Waals surface area contributed by atoms with Crippen molar-refractivity contribution in [2.24, 2.45) is 0 Å². The van der Waals surface area contributed by atoms with Crippen LogP contribution in [0, 0.1) is 13.8 Å². The maximum atomic E-state index is 13.2. The van der Waals surface area contributed by atoms with Gasteiger partial charge in [0.25, 0.3) is 0 Å². The van der Waals surface area contributed by atoms with Crippen LogP contribution < -0.4 is 24.8 Å². The number of aromatic hydroxyl groups is 2. The summed E-state index contributed by atoms with van der Waals surface area (Å²) in [4.78, 5) is 29.4. The van der Waals surface area contributed by atoms with E-state index in [9.17, 15) is 24.9 Å². The van der Waals surface area contributed by atoms with Crippen LogP contribution in [0.1, 0.15) is 59.3 Å². The van der Waals surface area contributed by atoms with Crippen molar-refractivity contribution in [3.05, 3.63) is 51.6 Å². The first-order valence-corrected chi connectivity index (χ1v) is 14.9. The van der Waals surface area contributed by atoms with Crippen LogP contribution in [-0.4, -0.2) is 88.8 Å². The summed E-state index contributed by atoms with van der Waals surface area (Å²) in [5.74, 6) is 0.700. The highest BCUT2D eigenvalue weighted by atomic mass is 16.7. The predicted molar refractivity (Wildman–Crippen MR) is 160 cm³/mol. The number of amides is 2. The van der Waals surface area contributed by atoms with Crippen molar-refractivity contribution in [1.82, 2.24) is 20.4 Å². The van der Waals surface area contributed by atoms with Gasteiger partial charge in [0, 0.05) is 34.8 Å². The van der Waals surface area contributed by atoms with E-state index >= 15 is 0 Å². The first kappa shape index (κ1) is 30.0. The zero-order valence-electron chi connectivity index (χ0n) is 25.8. The number of likely N-dealkylation sites (N-methyl/N-ethyl adjacent to an activating group) is 1. The second-order valence-corrected chi connectivity index (χ2v) is 12.1. The Bertz CT molecular complexity index is 1560.